The van der Waals surface area contributed by atoms with Gasteiger partial charge in [-0.2, -0.15) is 0 Å². The number of carbonyl (C=O) groups is 1. The normalized spacial score (nSPS) is 10.6. The van der Waals surface area contributed by atoms with E-state index in [0.717, 1.165) is 12.1 Å². The minimum atomic E-state index is -0.332. The largest absolute Gasteiger partial charge is 0.462 e. The third-order valence-electron chi connectivity index (χ3n) is 4.36. The van der Waals surface area contributed by atoms with Crippen molar-refractivity contribution in [3.05, 3.63) is 72.1 Å². The monoisotopic (exact) mass is 405 g/mol. The van der Waals surface area contributed by atoms with Crippen molar-refractivity contribution in [2.45, 2.75) is 20.3 Å². The lowest BCUT2D eigenvalue weighted by molar-refractivity contribution is 0.0459. The molecule has 0 saturated carbocycles. The van der Waals surface area contributed by atoms with Crippen molar-refractivity contribution in [1.82, 2.24) is 9.97 Å². The maximum atomic E-state index is 12.0. The van der Waals surface area contributed by atoms with Gasteiger partial charge in [-0.1, -0.05) is 44.2 Å². The van der Waals surface area contributed by atoms with E-state index in [9.17, 15) is 4.79 Å². The Morgan fingerprint density at radius 1 is 1.03 bits per heavy atom. The van der Waals surface area contributed by atoms with Gasteiger partial charge >= 0.3 is 5.97 Å². The van der Waals surface area contributed by atoms with Crippen LogP contribution in [-0.4, -0.2) is 29.1 Å². The number of nitrogens with zero attached hydrogens (tertiary/aromatic N) is 2. The molecule has 2 aromatic carbocycles. The van der Waals surface area contributed by atoms with Crippen molar-refractivity contribution in [2.24, 2.45) is 5.92 Å². The predicted molar refractivity (Wildman–Crippen MR) is 120 cm³/mol. The molecule has 0 radical (unpaired) electrons. The average molecular weight is 406 g/mol. The minimum Gasteiger partial charge on any atom is -0.462 e. The number of nitrogens with two attached hydrogens (primary N) is 1. The number of nitrogens with one attached hydrogen (secondary N) is 2. The van der Waals surface area contributed by atoms with E-state index in [0.29, 0.717) is 42.0 Å². The molecule has 0 unspecified atom stereocenters. The van der Waals surface area contributed by atoms with Gasteiger partial charge in [0.1, 0.15) is 12.0 Å². The highest BCUT2D eigenvalue weighted by Gasteiger charge is 2.10. The van der Waals surface area contributed by atoms with Gasteiger partial charge in [0.05, 0.1) is 12.2 Å². The van der Waals surface area contributed by atoms with Gasteiger partial charge in [0.15, 0.2) is 11.6 Å². The number of hydrogen-bond acceptors (Lipinski definition) is 7. The molecule has 0 fully saturated rings. The van der Waals surface area contributed by atoms with Crippen molar-refractivity contribution in [3.8, 4) is 0 Å². The maximum absolute atomic E-state index is 12.0. The Morgan fingerprint density at radius 3 is 2.43 bits per heavy atom. The minimum absolute atomic E-state index is 0.297. The Bertz CT molecular complexity index is 959. The lowest BCUT2D eigenvalue weighted by atomic mass is 10.1. The Balaban J connectivity index is 1.60. The number of anilines is 4. The number of nitrogen functional groups attached to an aromatic ring is 1. The Labute approximate surface area is 176 Å². The second kappa shape index (κ2) is 10.2. The Morgan fingerprint density at radius 2 is 1.73 bits per heavy atom. The van der Waals surface area contributed by atoms with E-state index in [2.05, 4.69) is 32.7 Å². The van der Waals surface area contributed by atoms with E-state index < -0.39 is 0 Å². The third kappa shape index (κ3) is 5.94. The second-order valence-corrected chi connectivity index (χ2v) is 7.34. The summed E-state index contributed by atoms with van der Waals surface area (Å²) in [5.74, 6) is 1.05. The highest BCUT2D eigenvalue weighted by molar-refractivity contribution is 5.90. The van der Waals surface area contributed by atoms with E-state index in [1.165, 1.54) is 11.9 Å². The lowest BCUT2D eigenvalue weighted by Gasteiger charge is -2.13. The first-order valence-corrected chi connectivity index (χ1v) is 9.95. The van der Waals surface area contributed by atoms with Crippen LogP contribution in [0.4, 0.5) is 23.0 Å². The molecule has 0 aliphatic carbocycles. The van der Waals surface area contributed by atoms with Gasteiger partial charge in [-0.05, 0) is 42.2 Å². The van der Waals surface area contributed by atoms with Gasteiger partial charge in [0.25, 0.3) is 0 Å². The van der Waals surface area contributed by atoms with Crippen LogP contribution in [0.1, 0.15) is 29.8 Å². The first-order chi connectivity index (χ1) is 14.5. The van der Waals surface area contributed by atoms with Crippen LogP contribution >= 0.6 is 0 Å². The number of hydrogen-bond donors (Lipinski definition) is 3. The summed E-state index contributed by atoms with van der Waals surface area (Å²) >= 11 is 0. The van der Waals surface area contributed by atoms with Crippen LogP contribution in [0.2, 0.25) is 0 Å². The van der Waals surface area contributed by atoms with Crippen molar-refractivity contribution in [2.75, 3.05) is 29.5 Å². The quantitative estimate of drug-likeness (QED) is 0.457. The van der Waals surface area contributed by atoms with Crippen LogP contribution in [0.3, 0.4) is 0 Å². The van der Waals surface area contributed by atoms with Crippen LogP contribution in [0, 0.1) is 5.92 Å². The van der Waals surface area contributed by atoms with Crippen LogP contribution in [0.25, 0.3) is 0 Å². The molecule has 0 aliphatic heterocycles. The van der Waals surface area contributed by atoms with Gasteiger partial charge in [-0.3, -0.25) is 0 Å². The molecule has 0 saturated heterocycles. The number of rotatable bonds is 9. The molecule has 4 N–H and O–H groups in total. The zero-order valence-electron chi connectivity index (χ0n) is 17.3. The van der Waals surface area contributed by atoms with Crippen molar-refractivity contribution in [1.29, 1.82) is 0 Å². The number of carbonyl (C=O) groups excluding carboxylic acids is 1. The van der Waals surface area contributed by atoms with Gasteiger partial charge in [-0.25, -0.2) is 14.8 Å². The summed E-state index contributed by atoms with van der Waals surface area (Å²) in [7, 11) is 0. The molecule has 7 nitrogen and oxygen atoms in total. The summed E-state index contributed by atoms with van der Waals surface area (Å²) in [6, 6.07) is 17.2. The van der Waals surface area contributed by atoms with Gasteiger partial charge in [0.2, 0.25) is 0 Å². The van der Waals surface area contributed by atoms with Crippen LogP contribution in [0.15, 0.2) is 60.9 Å². The van der Waals surface area contributed by atoms with E-state index in [4.69, 9.17) is 10.5 Å². The number of benzene rings is 2. The summed E-state index contributed by atoms with van der Waals surface area (Å²) in [5.41, 5.74) is 9.17. The molecule has 1 heterocycles. The molecule has 0 bridgehead atoms. The van der Waals surface area contributed by atoms with E-state index in [1.807, 2.05) is 32.0 Å². The van der Waals surface area contributed by atoms with Crippen LogP contribution < -0.4 is 16.4 Å². The molecule has 0 aliphatic rings. The van der Waals surface area contributed by atoms with Crippen molar-refractivity contribution in [3.63, 3.8) is 0 Å². The smallest absolute Gasteiger partial charge is 0.338 e. The SMILES string of the molecule is CC(C)COC(=O)c1ccc(Nc2ncnc(NCCc3ccccc3)c2N)cc1. The van der Waals surface area contributed by atoms with Crippen LogP contribution in [0.5, 0.6) is 0 Å². The summed E-state index contributed by atoms with van der Waals surface area (Å²) in [4.78, 5) is 20.5. The standard InChI is InChI=1S/C23H27N5O2/c1-16(2)14-30-23(29)18-8-10-19(11-9-18)28-22-20(24)21(26-15-27-22)25-13-12-17-6-4-3-5-7-17/h3-11,15-16H,12-14,24H2,1-2H3,(H2,25,26,27,28). The second-order valence-electron chi connectivity index (χ2n) is 7.34. The molecular weight excluding hydrogens is 378 g/mol. The maximum Gasteiger partial charge on any atom is 0.338 e. The molecular formula is C23H27N5O2. The predicted octanol–water partition coefficient (Wildman–Crippen LogP) is 4.27. The number of aromatic nitrogens is 2. The summed E-state index contributed by atoms with van der Waals surface area (Å²) in [5, 5.41) is 6.43. The molecule has 156 valence electrons. The van der Waals surface area contributed by atoms with E-state index in [1.54, 1.807) is 24.3 Å². The van der Waals surface area contributed by atoms with Crippen molar-refractivity contribution >= 4 is 29.0 Å². The molecule has 0 spiro atoms. The number of esters is 1. The fourth-order valence-corrected chi connectivity index (χ4v) is 2.76. The third-order valence-corrected chi connectivity index (χ3v) is 4.36. The summed E-state index contributed by atoms with van der Waals surface area (Å²) in [6.07, 6.45) is 2.32. The fraction of sp³-hybridized carbons (Fsp3) is 0.261. The summed E-state index contributed by atoms with van der Waals surface area (Å²) in [6.45, 7) is 5.10. The topological polar surface area (TPSA) is 102 Å². The summed E-state index contributed by atoms with van der Waals surface area (Å²) < 4.78 is 5.24. The highest BCUT2D eigenvalue weighted by Crippen LogP contribution is 2.26. The van der Waals surface area contributed by atoms with E-state index >= 15 is 0 Å². The zero-order chi connectivity index (χ0) is 21.3. The molecule has 7 heteroatoms. The molecule has 1 aromatic heterocycles. The lowest BCUT2D eigenvalue weighted by Crippen LogP contribution is -2.11. The van der Waals surface area contributed by atoms with E-state index in [-0.39, 0.29) is 5.97 Å². The Kier molecular flexibility index (Phi) is 7.21. The average Bonchev–Trinajstić information content (AvgIpc) is 2.76. The van der Waals surface area contributed by atoms with Gasteiger partial charge < -0.3 is 21.1 Å². The van der Waals surface area contributed by atoms with Gasteiger partial charge in [0, 0.05) is 12.2 Å². The molecule has 0 amide bonds. The fourth-order valence-electron chi connectivity index (χ4n) is 2.76. The highest BCUT2D eigenvalue weighted by atomic mass is 16.5. The van der Waals surface area contributed by atoms with Crippen LogP contribution in [-0.2, 0) is 11.2 Å². The molecule has 30 heavy (non-hydrogen) atoms. The zero-order valence-corrected chi connectivity index (χ0v) is 17.3. The number of ether oxygens (including phenoxy) is 1. The van der Waals surface area contributed by atoms with Crippen molar-refractivity contribution < 1.29 is 9.53 Å². The Hall–Kier alpha value is -3.61. The molecule has 0 atom stereocenters. The first kappa shape index (κ1) is 21.1. The van der Waals surface area contributed by atoms with Gasteiger partial charge in [-0.15, -0.1) is 0 Å². The molecule has 3 aromatic rings. The first-order valence-electron chi connectivity index (χ1n) is 9.95. The molecule has 3 rings (SSSR count).